The lowest BCUT2D eigenvalue weighted by molar-refractivity contribution is 0.0625. The normalized spacial score (nSPS) is 14.2. The van der Waals surface area contributed by atoms with Crippen LogP contribution in [0.1, 0.15) is 16.1 Å². The summed E-state index contributed by atoms with van der Waals surface area (Å²) in [5.74, 6) is 1.30. The summed E-state index contributed by atoms with van der Waals surface area (Å²) in [6.45, 7) is 3.74. The van der Waals surface area contributed by atoms with E-state index in [0.29, 0.717) is 30.2 Å². The number of thiazole rings is 1. The number of carbonyl (C=O) groups is 1. The van der Waals surface area contributed by atoms with Crippen LogP contribution in [0.3, 0.4) is 0 Å². The first-order chi connectivity index (χ1) is 16.7. The van der Waals surface area contributed by atoms with E-state index in [9.17, 15) is 4.79 Å². The van der Waals surface area contributed by atoms with Crippen molar-refractivity contribution < 1.29 is 9.53 Å². The molecule has 0 saturated carbocycles. The maximum atomic E-state index is 13.3. The lowest BCUT2D eigenvalue weighted by Crippen LogP contribution is -2.48. The molecular weight excluding hydrogens is 466 g/mol. The molecule has 0 bridgehead atoms. The van der Waals surface area contributed by atoms with Crippen molar-refractivity contribution in [3.63, 3.8) is 0 Å². The van der Waals surface area contributed by atoms with Gasteiger partial charge in [-0.2, -0.15) is 0 Å². The van der Waals surface area contributed by atoms with E-state index in [4.69, 9.17) is 21.3 Å². The lowest BCUT2D eigenvalue weighted by Gasteiger charge is -2.34. The van der Waals surface area contributed by atoms with Gasteiger partial charge in [0.25, 0.3) is 5.91 Å². The number of ether oxygens (including phenoxy) is 1. The smallest absolute Gasteiger partial charge is 0.257 e. The van der Waals surface area contributed by atoms with Crippen molar-refractivity contribution in [2.45, 2.75) is 6.54 Å². The maximum absolute atomic E-state index is 13.3. The Balaban J connectivity index is 1.19. The van der Waals surface area contributed by atoms with Gasteiger partial charge in [0, 0.05) is 48.7 Å². The Hall–Kier alpha value is -3.19. The van der Waals surface area contributed by atoms with E-state index in [0.717, 1.165) is 40.9 Å². The molecule has 1 amide bonds. The second-order valence-corrected chi connectivity index (χ2v) is 9.43. The fraction of sp³-hybridized carbons (Fsp3) is 0.185. The summed E-state index contributed by atoms with van der Waals surface area (Å²) >= 11 is 7.64. The molecule has 0 unspecified atom stereocenters. The Kier molecular flexibility index (Phi) is 6.90. The molecule has 0 atom stereocenters. The summed E-state index contributed by atoms with van der Waals surface area (Å²) in [4.78, 5) is 22.3. The standard InChI is InChI=1S/C27H24ClN3O2S/c28-21-12-10-20(11-13-21)26-29-22(19-34-26)18-30-14-16-31(17-15-30)27(32)24-8-4-5-9-25(24)33-23-6-2-1-3-7-23/h1-13,19H,14-18H2. The van der Waals surface area contributed by atoms with E-state index < -0.39 is 0 Å². The van der Waals surface area contributed by atoms with Crippen LogP contribution in [0.5, 0.6) is 11.5 Å². The van der Waals surface area contributed by atoms with Crippen molar-refractivity contribution in [3.8, 4) is 22.1 Å². The van der Waals surface area contributed by atoms with Crippen LogP contribution < -0.4 is 4.74 Å². The molecule has 4 aromatic rings. The van der Waals surface area contributed by atoms with Crippen LogP contribution in [0.2, 0.25) is 5.02 Å². The third kappa shape index (κ3) is 5.30. The molecule has 1 aromatic heterocycles. The Bertz CT molecular complexity index is 1250. The summed E-state index contributed by atoms with van der Waals surface area (Å²) in [5, 5.41) is 3.83. The molecule has 34 heavy (non-hydrogen) atoms. The summed E-state index contributed by atoms with van der Waals surface area (Å²) in [6.07, 6.45) is 0. The lowest BCUT2D eigenvalue weighted by atomic mass is 10.1. The number of halogens is 1. The molecule has 1 aliphatic rings. The van der Waals surface area contributed by atoms with Crippen LogP contribution in [-0.4, -0.2) is 46.9 Å². The molecule has 0 aliphatic carbocycles. The Morgan fingerprint density at radius 2 is 1.62 bits per heavy atom. The van der Waals surface area contributed by atoms with Gasteiger partial charge in [-0.3, -0.25) is 9.69 Å². The van der Waals surface area contributed by atoms with Crippen LogP contribution in [0.4, 0.5) is 0 Å². The van der Waals surface area contributed by atoms with Crippen molar-refractivity contribution in [2.24, 2.45) is 0 Å². The molecule has 0 radical (unpaired) electrons. The van der Waals surface area contributed by atoms with Crippen molar-refractivity contribution in [1.29, 1.82) is 0 Å². The highest BCUT2D eigenvalue weighted by Crippen LogP contribution is 2.28. The van der Waals surface area contributed by atoms with E-state index in [2.05, 4.69) is 10.3 Å². The third-order valence-electron chi connectivity index (χ3n) is 5.78. The number of para-hydroxylation sites is 2. The second-order valence-electron chi connectivity index (χ2n) is 8.13. The molecule has 2 heterocycles. The number of hydrogen-bond acceptors (Lipinski definition) is 5. The van der Waals surface area contributed by atoms with Gasteiger partial charge >= 0.3 is 0 Å². The number of benzene rings is 3. The predicted molar refractivity (Wildman–Crippen MR) is 137 cm³/mol. The average Bonchev–Trinajstić information content (AvgIpc) is 3.34. The van der Waals surface area contributed by atoms with Gasteiger partial charge in [-0.15, -0.1) is 11.3 Å². The van der Waals surface area contributed by atoms with Crippen LogP contribution >= 0.6 is 22.9 Å². The van der Waals surface area contributed by atoms with E-state index >= 15 is 0 Å². The number of aromatic nitrogens is 1. The third-order valence-corrected chi connectivity index (χ3v) is 6.97. The predicted octanol–water partition coefficient (Wildman–Crippen LogP) is 6.21. The van der Waals surface area contributed by atoms with Crippen molar-refractivity contribution >= 4 is 28.8 Å². The van der Waals surface area contributed by atoms with Gasteiger partial charge in [-0.25, -0.2) is 4.98 Å². The molecule has 1 aliphatic heterocycles. The van der Waals surface area contributed by atoms with Gasteiger partial charge in [0.1, 0.15) is 16.5 Å². The van der Waals surface area contributed by atoms with Crippen molar-refractivity contribution in [1.82, 2.24) is 14.8 Å². The van der Waals surface area contributed by atoms with Crippen LogP contribution in [0.15, 0.2) is 84.2 Å². The summed E-state index contributed by atoms with van der Waals surface area (Å²) in [6, 6.07) is 24.7. The first kappa shape index (κ1) is 22.6. The quantitative estimate of drug-likeness (QED) is 0.323. The van der Waals surface area contributed by atoms with Gasteiger partial charge in [-0.05, 0) is 36.4 Å². The zero-order chi connectivity index (χ0) is 23.3. The number of amides is 1. The van der Waals surface area contributed by atoms with E-state index in [1.807, 2.05) is 83.8 Å². The summed E-state index contributed by atoms with van der Waals surface area (Å²) < 4.78 is 5.99. The summed E-state index contributed by atoms with van der Waals surface area (Å²) in [5.41, 5.74) is 2.72. The Morgan fingerprint density at radius 3 is 2.38 bits per heavy atom. The summed E-state index contributed by atoms with van der Waals surface area (Å²) in [7, 11) is 0. The van der Waals surface area contributed by atoms with Crippen LogP contribution in [0, 0.1) is 0 Å². The van der Waals surface area contributed by atoms with Crippen molar-refractivity contribution in [2.75, 3.05) is 26.2 Å². The van der Waals surface area contributed by atoms with Crippen LogP contribution in [-0.2, 0) is 6.54 Å². The number of nitrogens with zero attached hydrogens (tertiary/aromatic N) is 3. The second kappa shape index (κ2) is 10.4. The number of carbonyl (C=O) groups excluding carboxylic acids is 1. The number of piperazine rings is 1. The SMILES string of the molecule is O=C(c1ccccc1Oc1ccccc1)N1CCN(Cc2csc(-c3ccc(Cl)cc3)n2)CC1. The Morgan fingerprint density at radius 1 is 0.912 bits per heavy atom. The minimum Gasteiger partial charge on any atom is -0.457 e. The molecule has 1 saturated heterocycles. The molecule has 0 N–H and O–H groups in total. The molecule has 5 nitrogen and oxygen atoms in total. The topological polar surface area (TPSA) is 45.7 Å². The number of rotatable bonds is 6. The highest BCUT2D eigenvalue weighted by Gasteiger charge is 2.25. The van der Waals surface area contributed by atoms with Crippen molar-refractivity contribution in [3.05, 3.63) is 101 Å². The van der Waals surface area contributed by atoms with E-state index in [-0.39, 0.29) is 5.91 Å². The monoisotopic (exact) mass is 489 g/mol. The molecule has 5 rings (SSSR count). The minimum atomic E-state index is 0.00450. The van der Waals surface area contributed by atoms with E-state index in [1.54, 1.807) is 11.3 Å². The van der Waals surface area contributed by atoms with Crippen LogP contribution in [0.25, 0.3) is 10.6 Å². The highest BCUT2D eigenvalue weighted by atomic mass is 35.5. The molecule has 7 heteroatoms. The van der Waals surface area contributed by atoms with E-state index in [1.165, 1.54) is 0 Å². The van der Waals surface area contributed by atoms with Gasteiger partial charge in [0.2, 0.25) is 0 Å². The average molecular weight is 490 g/mol. The molecule has 172 valence electrons. The molecular formula is C27H24ClN3O2S. The minimum absolute atomic E-state index is 0.00450. The molecule has 3 aromatic carbocycles. The largest absolute Gasteiger partial charge is 0.457 e. The van der Waals surface area contributed by atoms with Gasteiger partial charge < -0.3 is 9.64 Å². The fourth-order valence-electron chi connectivity index (χ4n) is 3.96. The number of hydrogen-bond donors (Lipinski definition) is 0. The van der Waals surface area contributed by atoms with Gasteiger partial charge in [0.15, 0.2) is 0 Å². The Labute approximate surface area is 208 Å². The zero-order valence-electron chi connectivity index (χ0n) is 18.6. The zero-order valence-corrected chi connectivity index (χ0v) is 20.1. The van der Waals surface area contributed by atoms with Gasteiger partial charge in [-0.1, -0.05) is 54.1 Å². The first-order valence-electron chi connectivity index (χ1n) is 11.2. The van der Waals surface area contributed by atoms with Gasteiger partial charge in [0.05, 0.1) is 11.3 Å². The molecule has 1 fully saturated rings. The molecule has 0 spiro atoms. The highest BCUT2D eigenvalue weighted by molar-refractivity contribution is 7.13. The maximum Gasteiger partial charge on any atom is 0.257 e. The first-order valence-corrected chi connectivity index (χ1v) is 12.5. The fourth-order valence-corrected chi connectivity index (χ4v) is 4.90.